The first kappa shape index (κ1) is 7.86. The number of fused-ring (bicyclic) bond motifs is 2. The minimum Gasteiger partial charge on any atom is -0.492 e. The third kappa shape index (κ3) is 0.955. The molecule has 2 aliphatic rings. The van der Waals surface area contributed by atoms with Gasteiger partial charge < -0.3 is 4.74 Å². The maximum absolute atomic E-state index is 5.69. The first-order valence-corrected chi connectivity index (χ1v) is 4.98. The molecule has 1 aromatic rings. The van der Waals surface area contributed by atoms with E-state index in [9.17, 15) is 0 Å². The summed E-state index contributed by atoms with van der Waals surface area (Å²) in [7, 11) is 0. The summed E-state index contributed by atoms with van der Waals surface area (Å²) in [6, 6.07) is 8.29. The average molecular weight is 184 g/mol. The molecule has 3 rings (SSSR count). The lowest BCUT2D eigenvalue weighted by Crippen LogP contribution is -2.23. The van der Waals surface area contributed by atoms with Gasteiger partial charge in [0.05, 0.1) is 5.41 Å². The Bertz CT molecular complexity index is 403. The van der Waals surface area contributed by atoms with Crippen LogP contribution in [0.3, 0.4) is 0 Å². The third-order valence-electron chi connectivity index (χ3n) is 2.96. The molecule has 70 valence electrons. The zero-order valence-corrected chi connectivity index (χ0v) is 7.94. The second kappa shape index (κ2) is 2.74. The molecule has 1 heteroatoms. The molecular formula is C13H12O. The smallest absolute Gasteiger partial charge is 0.123 e. The van der Waals surface area contributed by atoms with Gasteiger partial charge >= 0.3 is 0 Å². The van der Waals surface area contributed by atoms with Gasteiger partial charge in [0, 0.05) is 5.56 Å². The minimum atomic E-state index is 0.0227. The number of rotatable bonds is 0. The van der Waals surface area contributed by atoms with E-state index in [2.05, 4.69) is 36.4 Å². The number of ether oxygens (including phenoxy) is 1. The minimum absolute atomic E-state index is 0.0227. The van der Waals surface area contributed by atoms with Crippen LogP contribution in [0.15, 0.2) is 48.6 Å². The van der Waals surface area contributed by atoms with E-state index in [0.717, 1.165) is 18.8 Å². The Hall–Kier alpha value is -1.50. The summed E-state index contributed by atoms with van der Waals surface area (Å²) in [5, 5.41) is 0. The first-order chi connectivity index (χ1) is 6.91. The second-order valence-corrected chi connectivity index (χ2v) is 3.87. The fourth-order valence-corrected chi connectivity index (χ4v) is 2.22. The number of hydrogen-bond donors (Lipinski definition) is 0. The first-order valence-electron chi connectivity index (χ1n) is 4.98. The molecule has 1 aromatic carbocycles. The van der Waals surface area contributed by atoms with E-state index in [1.54, 1.807) is 0 Å². The Morgan fingerprint density at radius 2 is 1.86 bits per heavy atom. The summed E-state index contributed by atoms with van der Waals surface area (Å²) in [6.07, 6.45) is 10.00. The molecule has 0 aromatic heterocycles. The number of para-hydroxylation sites is 1. The van der Waals surface area contributed by atoms with Crippen LogP contribution in [-0.2, 0) is 5.41 Å². The SMILES string of the molecule is C1=CC2(C=CC1)COc1ccccc12. The van der Waals surface area contributed by atoms with E-state index in [4.69, 9.17) is 4.74 Å². The quantitative estimate of drug-likeness (QED) is 0.563. The van der Waals surface area contributed by atoms with Crippen molar-refractivity contribution in [1.29, 1.82) is 0 Å². The Morgan fingerprint density at radius 3 is 2.71 bits per heavy atom. The molecule has 1 nitrogen and oxygen atoms in total. The van der Waals surface area contributed by atoms with Gasteiger partial charge in [-0.3, -0.25) is 0 Å². The lowest BCUT2D eigenvalue weighted by molar-refractivity contribution is 0.319. The highest BCUT2D eigenvalue weighted by atomic mass is 16.5. The molecule has 0 unspecified atom stereocenters. The standard InChI is InChI=1S/C13H12O/c1-4-8-13(9-5-1)10-14-12-7-3-2-6-11(12)13/h2-9H,1,10H2. The molecule has 0 saturated carbocycles. The highest BCUT2D eigenvalue weighted by Crippen LogP contribution is 2.41. The van der Waals surface area contributed by atoms with Crippen LogP contribution >= 0.6 is 0 Å². The van der Waals surface area contributed by atoms with Crippen molar-refractivity contribution in [2.45, 2.75) is 11.8 Å². The van der Waals surface area contributed by atoms with Gasteiger partial charge in [0.1, 0.15) is 12.4 Å². The van der Waals surface area contributed by atoms with Crippen LogP contribution in [0.2, 0.25) is 0 Å². The molecule has 0 atom stereocenters. The van der Waals surface area contributed by atoms with Crippen LogP contribution in [0.4, 0.5) is 0 Å². The van der Waals surface area contributed by atoms with Crippen molar-refractivity contribution in [2.24, 2.45) is 0 Å². The lowest BCUT2D eigenvalue weighted by Gasteiger charge is -2.21. The van der Waals surface area contributed by atoms with Gasteiger partial charge in [-0.25, -0.2) is 0 Å². The van der Waals surface area contributed by atoms with E-state index in [-0.39, 0.29) is 5.41 Å². The van der Waals surface area contributed by atoms with Crippen LogP contribution in [0.25, 0.3) is 0 Å². The topological polar surface area (TPSA) is 9.23 Å². The average Bonchev–Trinajstić information content (AvgIpc) is 2.60. The van der Waals surface area contributed by atoms with E-state index in [1.165, 1.54) is 5.56 Å². The molecule has 14 heavy (non-hydrogen) atoms. The van der Waals surface area contributed by atoms with E-state index in [1.807, 2.05) is 12.1 Å². The predicted octanol–water partition coefficient (Wildman–Crippen LogP) is 2.83. The van der Waals surface area contributed by atoms with Crippen molar-refractivity contribution in [3.63, 3.8) is 0 Å². The normalized spacial score (nSPS) is 20.9. The molecule has 0 radical (unpaired) electrons. The summed E-state index contributed by atoms with van der Waals surface area (Å²) in [5.41, 5.74) is 1.32. The molecule has 0 amide bonds. The summed E-state index contributed by atoms with van der Waals surface area (Å²) < 4.78 is 5.69. The number of hydrogen-bond acceptors (Lipinski definition) is 1. The highest BCUT2D eigenvalue weighted by Gasteiger charge is 2.36. The Kier molecular flexibility index (Phi) is 1.54. The van der Waals surface area contributed by atoms with Crippen LogP contribution in [-0.4, -0.2) is 6.61 Å². The summed E-state index contributed by atoms with van der Waals surface area (Å²) in [4.78, 5) is 0. The Balaban J connectivity index is 2.16. The fourth-order valence-electron chi connectivity index (χ4n) is 2.22. The highest BCUT2D eigenvalue weighted by molar-refractivity contribution is 5.51. The van der Waals surface area contributed by atoms with Crippen LogP contribution in [0.5, 0.6) is 5.75 Å². The van der Waals surface area contributed by atoms with E-state index < -0.39 is 0 Å². The van der Waals surface area contributed by atoms with E-state index in [0.29, 0.717) is 0 Å². The molecule has 0 saturated heterocycles. The van der Waals surface area contributed by atoms with Crippen LogP contribution in [0.1, 0.15) is 12.0 Å². The molecular weight excluding hydrogens is 172 g/mol. The Morgan fingerprint density at radius 1 is 1.07 bits per heavy atom. The van der Waals surface area contributed by atoms with E-state index >= 15 is 0 Å². The van der Waals surface area contributed by atoms with Gasteiger partial charge in [-0.15, -0.1) is 0 Å². The summed E-state index contributed by atoms with van der Waals surface area (Å²) in [5.74, 6) is 1.03. The molecule has 1 spiro atoms. The summed E-state index contributed by atoms with van der Waals surface area (Å²) in [6.45, 7) is 0.749. The maximum Gasteiger partial charge on any atom is 0.123 e. The van der Waals surface area contributed by atoms with Gasteiger partial charge in [-0.05, 0) is 12.5 Å². The molecule has 1 aliphatic carbocycles. The molecule has 0 bridgehead atoms. The number of benzene rings is 1. The molecule has 1 heterocycles. The summed E-state index contributed by atoms with van der Waals surface area (Å²) >= 11 is 0. The van der Waals surface area contributed by atoms with Gasteiger partial charge in [0.15, 0.2) is 0 Å². The number of allylic oxidation sites excluding steroid dienone is 2. The largest absolute Gasteiger partial charge is 0.492 e. The van der Waals surface area contributed by atoms with Gasteiger partial charge in [0.25, 0.3) is 0 Å². The third-order valence-corrected chi connectivity index (χ3v) is 2.96. The van der Waals surface area contributed by atoms with Crippen molar-refractivity contribution in [3.05, 3.63) is 54.1 Å². The fraction of sp³-hybridized carbons (Fsp3) is 0.231. The lowest BCUT2D eigenvalue weighted by atomic mass is 9.79. The Labute approximate surface area is 83.7 Å². The van der Waals surface area contributed by atoms with Crippen molar-refractivity contribution < 1.29 is 4.74 Å². The predicted molar refractivity (Wildman–Crippen MR) is 56.5 cm³/mol. The zero-order valence-electron chi connectivity index (χ0n) is 7.94. The maximum atomic E-state index is 5.69. The van der Waals surface area contributed by atoms with Gasteiger partial charge in [0.2, 0.25) is 0 Å². The zero-order chi connectivity index (χ0) is 9.43. The van der Waals surface area contributed by atoms with Crippen molar-refractivity contribution in [1.82, 2.24) is 0 Å². The molecule has 1 aliphatic heterocycles. The van der Waals surface area contributed by atoms with Gasteiger partial charge in [-0.1, -0.05) is 42.5 Å². The van der Waals surface area contributed by atoms with Crippen LogP contribution in [0, 0.1) is 0 Å². The molecule has 0 fully saturated rings. The van der Waals surface area contributed by atoms with Crippen LogP contribution < -0.4 is 4.74 Å². The van der Waals surface area contributed by atoms with Crippen molar-refractivity contribution in [2.75, 3.05) is 6.61 Å². The van der Waals surface area contributed by atoms with Gasteiger partial charge in [-0.2, -0.15) is 0 Å². The monoisotopic (exact) mass is 184 g/mol. The second-order valence-electron chi connectivity index (χ2n) is 3.87. The molecule has 0 N–H and O–H groups in total. The van der Waals surface area contributed by atoms with Crippen molar-refractivity contribution in [3.8, 4) is 5.75 Å². The van der Waals surface area contributed by atoms with Crippen molar-refractivity contribution >= 4 is 0 Å².